The van der Waals surface area contributed by atoms with Gasteiger partial charge in [-0.25, -0.2) is 4.39 Å². The van der Waals surface area contributed by atoms with Crippen LogP contribution in [0, 0.1) is 11.2 Å². The van der Waals surface area contributed by atoms with Crippen molar-refractivity contribution in [2.24, 2.45) is 11.1 Å². The van der Waals surface area contributed by atoms with E-state index in [9.17, 15) is 9.50 Å². The molecule has 4 rings (SSSR count). The van der Waals surface area contributed by atoms with Crippen LogP contribution in [0.1, 0.15) is 36.8 Å². The Labute approximate surface area is 117 Å². The zero-order valence-electron chi connectivity index (χ0n) is 11.4. The van der Waals surface area contributed by atoms with Gasteiger partial charge in [-0.3, -0.25) is 0 Å². The average Bonchev–Trinajstić information content (AvgIpc) is 3.13. The fraction of sp³-hybridized carbons (Fsp3) is 0.625. The van der Waals surface area contributed by atoms with E-state index in [-0.39, 0.29) is 18.0 Å². The number of fused-ring (bicyclic) bond motifs is 3. The van der Waals surface area contributed by atoms with Crippen molar-refractivity contribution in [3.63, 3.8) is 0 Å². The summed E-state index contributed by atoms with van der Waals surface area (Å²) < 4.78 is 19.4. The minimum absolute atomic E-state index is 0.0403. The van der Waals surface area contributed by atoms with Gasteiger partial charge in [-0.2, -0.15) is 0 Å². The van der Waals surface area contributed by atoms with Crippen molar-refractivity contribution in [2.75, 3.05) is 6.54 Å². The molecule has 2 fully saturated rings. The fourth-order valence-corrected chi connectivity index (χ4v) is 4.76. The molecule has 4 unspecified atom stereocenters. The number of nitrogens with two attached hydrogens (primary N) is 1. The molecule has 0 aromatic heterocycles. The van der Waals surface area contributed by atoms with E-state index in [2.05, 4.69) is 0 Å². The highest BCUT2D eigenvalue weighted by Crippen LogP contribution is 2.60. The normalized spacial score (nSPS) is 42.1. The molecule has 0 spiro atoms. The van der Waals surface area contributed by atoms with E-state index in [1.165, 1.54) is 6.07 Å². The molecule has 3 nitrogen and oxygen atoms in total. The Morgan fingerprint density at radius 2 is 2.25 bits per heavy atom. The maximum Gasteiger partial charge on any atom is 0.123 e. The minimum Gasteiger partial charge on any atom is -0.384 e. The maximum absolute atomic E-state index is 13.4. The molecule has 0 radical (unpaired) electrons. The molecule has 3 N–H and O–H groups in total. The van der Waals surface area contributed by atoms with Crippen LogP contribution in [0.25, 0.3) is 0 Å². The maximum atomic E-state index is 13.4. The second kappa shape index (κ2) is 4.03. The molecule has 2 aliphatic heterocycles. The van der Waals surface area contributed by atoms with Crippen molar-refractivity contribution < 1.29 is 14.2 Å². The van der Waals surface area contributed by atoms with E-state index in [4.69, 9.17) is 10.5 Å². The van der Waals surface area contributed by atoms with E-state index in [0.29, 0.717) is 19.4 Å². The molecule has 4 atom stereocenters. The summed E-state index contributed by atoms with van der Waals surface area (Å²) in [6.45, 7) is 0.418. The lowest BCUT2D eigenvalue weighted by Crippen LogP contribution is -2.55. The lowest BCUT2D eigenvalue weighted by molar-refractivity contribution is -0.116. The smallest absolute Gasteiger partial charge is 0.123 e. The Morgan fingerprint density at radius 3 is 2.90 bits per heavy atom. The first-order chi connectivity index (χ1) is 9.59. The van der Waals surface area contributed by atoms with Gasteiger partial charge in [0.15, 0.2) is 0 Å². The van der Waals surface area contributed by atoms with Crippen LogP contribution in [0.3, 0.4) is 0 Å². The number of halogens is 1. The summed E-state index contributed by atoms with van der Waals surface area (Å²) in [4.78, 5) is 0. The van der Waals surface area contributed by atoms with Gasteiger partial charge in [0.05, 0.1) is 17.8 Å². The fourth-order valence-electron chi connectivity index (χ4n) is 4.76. The quantitative estimate of drug-likeness (QED) is 0.867. The number of hydrogen-bond donors (Lipinski definition) is 2. The topological polar surface area (TPSA) is 55.5 Å². The van der Waals surface area contributed by atoms with Gasteiger partial charge < -0.3 is 15.6 Å². The monoisotopic (exact) mass is 277 g/mol. The van der Waals surface area contributed by atoms with Crippen LogP contribution in [-0.2, 0) is 16.8 Å². The first-order valence-corrected chi connectivity index (χ1v) is 7.46. The largest absolute Gasteiger partial charge is 0.384 e. The van der Waals surface area contributed by atoms with Gasteiger partial charge >= 0.3 is 0 Å². The summed E-state index contributed by atoms with van der Waals surface area (Å²) in [7, 11) is 0. The molecule has 2 heterocycles. The molecule has 1 aromatic rings. The van der Waals surface area contributed by atoms with Crippen molar-refractivity contribution in [3.8, 4) is 0 Å². The van der Waals surface area contributed by atoms with Gasteiger partial charge in [0, 0.05) is 12.0 Å². The van der Waals surface area contributed by atoms with E-state index in [0.717, 1.165) is 30.4 Å². The number of aliphatic hydroxyl groups is 1. The van der Waals surface area contributed by atoms with E-state index in [1.54, 1.807) is 12.1 Å². The molecule has 1 aromatic carbocycles. The van der Waals surface area contributed by atoms with Crippen LogP contribution in [0.15, 0.2) is 18.2 Å². The van der Waals surface area contributed by atoms with Crippen LogP contribution in [0.5, 0.6) is 0 Å². The molecular weight excluding hydrogens is 257 g/mol. The SMILES string of the molecule is NCC1(C2(O)CCc3cc(F)ccc32)CC2CCC1O2. The molecule has 0 amide bonds. The van der Waals surface area contributed by atoms with Crippen molar-refractivity contribution in [1.29, 1.82) is 0 Å². The Kier molecular flexibility index (Phi) is 2.57. The molecule has 1 aliphatic carbocycles. The van der Waals surface area contributed by atoms with E-state index >= 15 is 0 Å². The van der Waals surface area contributed by atoms with Gasteiger partial charge in [0.25, 0.3) is 0 Å². The summed E-state index contributed by atoms with van der Waals surface area (Å²) in [5.74, 6) is -0.237. The van der Waals surface area contributed by atoms with Crippen molar-refractivity contribution in [3.05, 3.63) is 35.1 Å². The van der Waals surface area contributed by atoms with Gasteiger partial charge in [0.1, 0.15) is 5.82 Å². The van der Waals surface area contributed by atoms with Gasteiger partial charge in [0.2, 0.25) is 0 Å². The summed E-state index contributed by atoms with van der Waals surface area (Å²) in [5.41, 5.74) is 6.50. The molecule has 3 aliphatic rings. The highest BCUT2D eigenvalue weighted by molar-refractivity contribution is 5.41. The number of hydrogen-bond acceptors (Lipinski definition) is 3. The molecule has 108 valence electrons. The molecule has 2 bridgehead atoms. The molecule has 20 heavy (non-hydrogen) atoms. The highest BCUT2D eigenvalue weighted by Gasteiger charge is 2.63. The van der Waals surface area contributed by atoms with Crippen molar-refractivity contribution >= 4 is 0 Å². The van der Waals surface area contributed by atoms with Crippen LogP contribution in [0.4, 0.5) is 4.39 Å². The molecular formula is C16H20FNO2. The first kappa shape index (κ1) is 12.7. The second-order valence-corrected chi connectivity index (χ2v) is 6.55. The standard InChI is InChI=1S/C16H20FNO2/c17-11-1-3-13-10(7-11)5-6-16(13,19)15(9-18)8-12-2-4-14(15)20-12/h1,3,7,12,14,19H,2,4-6,8-9,18H2. The van der Waals surface area contributed by atoms with E-state index < -0.39 is 11.0 Å². The number of ether oxygens (including phenoxy) is 1. The predicted octanol–water partition coefficient (Wildman–Crippen LogP) is 1.86. The van der Waals surface area contributed by atoms with Gasteiger partial charge in [-0.1, -0.05) is 6.07 Å². The molecule has 0 saturated carbocycles. The Bertz CT molecular complexity index is 563. The third kappa shape index (κ3) is 1.39. The molecule has 2 saturated heterocycles. The Morgan fingerprint density at radius 1 is 1.40 bits per heavy atom. The lowest BCUT2D eigenvalue weighted by atomic mass is 9.61. The molecule has 4 heteroatoms. The van der Waals surface area contributed by atoms with Crippen molar-refractivity contribution in [1.82, 2.24) is 0 Å². The zero-order chi connectivity index (χ0) is 14.0. The minimum atomic E-state index is -0.968. The van der Waals surface area contributed by atoms with Crippen LogP contribution in [-0.4, -0.2) is 23.9 Å². The third-order valence-corrected chi connectivity index (χ3v) is 5.77. The van der Waals surface area contributed by atoms with Crippen molar-refractivity contribution in [2.45, 2.75) is 49.9 Å². The lowest BCUT2D eigenvalue weighted by Gasteiger charge is -2.46. The van der Waals surface area contributed by atoms with Crippen LogP contribution in [0.2, 0.25) is 0 Å². The number of aryl methyl sites for hydroxylation is 1. The Hall–Kier alpha value is -0.970. The van der Waals surface area contributed by atoms with Gasteiger partial charge in [-0.05, 0) is 55.4 Å². The number of benzene rings is 1. The van der Waals surface area contributed by atoms with Gasteiger partial charge in [-0.15, -0.1) is 0 Å². The summed E-state index contributed by atoms with van der Waals surface area (Å²) in [6, 6.07) is 4.72. The second-order valence-electron chi connectivity index (χ2n) is 6.55. The zero-order valence-corrected chi connectivity index (χ0v) is 11.4. The Balaban J connectivity index is 1.82. The van der Waals surface area contributed by atoms with Crippen LogP contribution >= 0.6 is 0 Å². The highest BCUT2D eigenvalue weighted by atomic mass is 19.1. The third-order valence-electron chi connectivity index (χ3n) is 5.77. The predicted molar refractivity (Wildman–Crippen MR) is 72.6 cm³/mol. The number of rotatable bonds is 2. The summed E-state index contributed by atoms with van der Waals surface area (Å²) >= 11 is 0. The van der Waals surface area contributed by atoms with Crippen LogP contribution < -0.4 is 5.73 Å². The first-order valence-electron chi connectivity index (χ1n) is 7.46. The summed E-state index contributed by atoms with van der Waals surface area (Å²) in [6.07, 6.45) is 4.47. The van der Waals surface area contributed by atoms with E-state index in [1.807, 2.05) is 0 Å². The summed E-state index contributed by atoms with van der Waals surface area (Å²) in [5, 5.41) is 11.4. The average molecular weight is 277 g/mol.